The number of para-hydroxylation sites is 1. The smallest absolute Gasteiger partial charge is 0.136 e. The van der Waals surface area contributed by atoms with Crippen molar-refractivity contribution in [3.8, 4) is 33.4 Å². The molecule has 0 bridgehead atoms. The Hall–Kier alpha value is -5.14. The fraction of sp³-hybridized carbons (Fsp3) is 0. The summed E-state index contributed by atoms with van der Waals surface area (Å²) in [5.74, 6) is 0. The summed E-state index contributed by atoms with van der Waals surface area (Å²) in [4.78, 5) is 0. The summed E-state index contributed by atoms with van der Waals surface area (Å²) in [7, 11) is 0. The maximum absolute atomic E-state index is 9.27. The van der Waals surface area contributed by atoms with Gasteiger partial charge in [0.05, 0.1) is 17.8 Å². The molecule has 0 saturated heterocycles. The molecule has 8 rings (SSSR count). The minimum absolute atomic E-state index is 0.0636. The van der Waals surface area contributed by atoms with E-state index < -0.39 is 72.5 Å². The van der Waals surface area contributed by atoms with E-state index >= 15 is 0 Å². The van der Waals surface area contributed by atoms with Gasteiger partial charge in [-0.25, -0.2) is 0 Å². The molecule has 0 atom stereocenters. The molecule has 0 amide bonds. The molecule has 8 aromatic rings. The van der Waals surface area contributed by atoms with Gasteiger partial charge in [-0.2, -0.15) is 0 Å². The maximum atomic E-state index is 9.27. The van der Waals surface area contributed by atoms with Crippen LogP contribution in [0, 0.1) is 0 Å². The summed E-state index contributed by atoms with van der Waals surface area (Å²) in [5, 5.41) is 0.506. The minimum Gasteiger partial charge on any atom is -0.456 e. The second-order valence-electron chi connectivity index (χ2n) is 9.07. The lowest BCUT2D eigenvalue weighted by molar-refractivity contribution is 0.669. The summed E-state index contributed by atoms with van der Waals surface area (Å²) in [6.45, 7) is 0. The van der Waals surface area contributed by atoms with Gasteiger partial charge in [0, 0.05) is 10.8 Å². The summed E-state index contributed by atoms with van der Waals surface area (Å²) < 4.78 is 123. The third kappa shape index (κ3) is 3.41. The van der Waals surface area contributed by atoms with Crippen molar-refractivity contribution < 1.29 is 22.2 Å². The zero-order valence-electron chi connectivity index (χ0n) is 33.3. The van der Waals surface area contributed by atoms with Crippen LogP contribution in [0.5, 0.6) is 0 Å². The Kier molecular flexibility index (Phi) is 2.82. The lowest BCUT2D eigenvalue weighted by Crippen LogP contribution is -1.91. The Bertz CT molecular complexity index is 2770. The fourth-order valence-corrected chi connectivity index (χ4v) is 5.26. The second kappa shape index (κ2) is 8.72. The van der Waals surface area contributed by atoms with Crippen LogP contribution in [-0.2, 0) is 0 Å². The van der Waals surface area contributed by atoms with Gasteiger partial charge in [-0.05, 0) is 67.1 Å². The zero-order valence-corrected chi connectivity index (χ0v) is 20.3. The van der Waals surface area contributed by atoms with Gasteiger partial charge in [0.2, 0.25) is 0 Å². The molecule has 0 saturated carbocycles. The van der Waals surface area contributed by atoms with Gasteiger partial charge in [-0.1, -0.05) is 133 Å². The van der Waals surface area contributed by atoms with Crippen molar-refractivity contribution in [1.82, 2.24) is 0 Å². The molecule has 0 radical (unpaired) electrons. The molecule has 1 heterocycles. The largest absolute Gasteiger partial charge is 0.456 e. The van der Waals surface area contributed by atoms with Gasteiger partial charge >= 0.3 is 0 Å². The first-order chi connectivity index (χ1) is 24.8. The van der Waals surface area contributed by atoms with E-state index in [-0.39, 0.29) is 49.8 Å². The summed E-state index contributed by atoms with van der Waals surface area (Å²) in [6, 6.07) is 11.5. The van der Waals surface area contributed by atoms with Gasteiger partial charge in [-0.15, -0.1) is 0 Å². The van der Waals surface area contributed by atoms with Gasteiger partial charge in [0.25, 0.3) is 0 Å². The third-order valence-corrected chi connectivity index (χ3v) is 6.93. The average molecular weight is 510 g/mol. The molecule has 0 aliphatic heterocycles. The minimum atomic E-state index is -0.654. The van der Waals surface area contributed by atoms with Gasteiger partial charge in [-0.3, -0.25) is 0 Å². The Morgan fingerprint density at radius 2 is 1.00 bits per heavy atom. The van der Waals surface area contributed by atoms with Crippen LogP contribution in [0.25, 0.3) is 76.9 Å². The van der Waals surface area contributed by atoms with Crippen molar-refractivity contribution in [2.75, 3.05) is 0 Å². The highest BCUT2D eigenvalue weighted by atomic mass is 16.3. The van der Waals surface area contributed by atoms with Crippen LogP contribution >= 0.6 is 0 Å². The van der Waals surface area contributed by atoms with Crippen LogP contribution in [0.3, 0.4) is 0 Å². The van der Waals surface area contributed by atoms with Crippen LogP contribution < -0.4 is 0 Å². The number of benzene rings is 7. The molecule has 0 N–H and O–H groups in total. The molecule has 39 heavy (non-hydrogen) atoms. The lowest BCUT2D eigenvalue weighted by Gasteiger charge is -2.18. The molecule has 0 unspecified atom stereocenters. The van der Waals surface area contributed by atoms with E-state index in [1.54, 1.807) is 36.4 Å². The third-order valence-electron chi connectivity index (χ3n) is 6.93. The Morgan fingerprint density at radius 3 is 1.69 bits per heavy atom. The normalized spacial score (nSPS) is 16.3. The first-order valence-electron chi connectivity index (χ1n) is 18.8. The SMILES string of the molecule is [2H]c1ccc(-c2c([2H])c([2H])c(-c3c4c([2H])c([2H])c([2H])c([2H])c4c(-c4cccc5oc6ccccc6c45)c4c([2H])c([2H])c([2H])c([2H])c34)c([2H])c2[2H])cc1. The summed E-state index contributed by atoms with van der Waals surface area (Å²) in [5.41, 5.74) is 0.986. The van der Waals surface area contributed by atoms with Crippen LogP contribution in [0.2, 0.25) is 0 Å². The van der Waals surface area contributed by atoms with Crippen molar-refractivity contribution >= 4 is 43.5 Å². The number of furan rings is 1. The highest BCUT2D eigenvalue weighted by molar-refractivity contribution is 6.25. The van der Waals surface area contributed by atoms with Crippen molar-refractivity contribution in [2.45, 2.75) is 0 Å². The Labute approximate surface area is 244 Å². The lowest BCUT2D eigenvalue weighted by atomic mass is 9.84. The molecule has 1 nitrogen and oxygen atoms in total. The van der Waals surface area contributed by atoms with E-state index in [1.165, 1.54) is 24.3 Å². The van der Waals surface area contributed by atoms with E-state index in [9.17, 15) is 8.22 Å². The number of rotatable bonds is 3. The molecule has 0 aliphatic carbocycles. The molecule has 182 valence electrons. The van der Waals surface area contributed by atoms with Crippen LogP contribution in [0.4, 0.5) is 0 Å². The highest BCUT2D eigenvalue weighted by Crippen LogP contribution is 2.46. The van der Waals surface area contributed by atoms with E-state index in [1.807, 2.05) is 6.07 Å². The first-order valence-corrected chi connectivity index (χ1v) is 12.3. The van der Waals surface area contributed by atoms with Gasteiger partial charge in [0.15, 0.2) is 0 Å². The van der Waals surface area contributed by atoms with Crippen molar-refractivity contribution in [2.24, 2.45) is 0 Å². The van der Waals surface area contributed by atoms with E-state index in [2.05, 4.69) is 0 Å². The Morgan fingerprint density at radius 1 is 0.410 bits per heavy atom. The maximum Gasteiger partial charge on any atom is 0.136 e. The monoisotopic (exact) mass is 509 g/mol. The first kappa shape index (κ1) is 12.6. The summed E-state index contributed by atoms with van der Waals surface area (Å²) >= 11 is 0. The molecule has 0 spiro atoms. The van der Waals surface area contributed by atoms with E-state index in [0.717, 1.165) is 0 Å². The molecule has 0 aliphatic rings. The number of hydrogen-bond donors (Lipinski definition) is 0. The molecule has 7 aromatic carbocycles. The quantitative estimate of drug-likeness (QED) is 0.216. The van der Waals surface area contributed by atoms with Crippen molar-refractivity contribution in [1.29, 1.82) is 0 Å². The molecular weight excluding hydrogens is 472 g/mol. The van der Waals surface area contributed by atoms with Crippen LogP contribution in [0.15, 0.2) is 150 Å². The van der Waals surface area contributed by atoms with Crippen molar-refractivity contribution in [3.05, 3.63) is 145 Å². The standard InChI is InChI=1S/C38H24O/c1-2-11-25(12-3-1)26-21-23-27(24-22-26)36-28-13-4-6-15-30(28)37(31-16-7-5-14-29(31)36)33-18-10-20-35-38(33)32-17-8-9-19-34(32)39-35/h1-24H/i1D,4D,5D,6D,7D,13D,14D,15D,16D,21D,22D,23D,24D. The highest BCUT2D eigenvalue weighted by Gasteiger charge is 2.19. The molecule has 1 aromatic heterocycles. The Balaban J connectivity index is 1.68. The predicted octanol–water partition coefficient (Wildman–Crippen LogP) is 10.9. The van der Waals surface area contributed by atoms with Crippen LogP contribution in [0.1, 0.15) is 17.8 Å². The number of hydrogen-bond acceptors (Lipinski definition) is 1. The molecule has 0 fully saturated rings. The topological polar surface area (TPSA) is 13.1 Å². The molecular formula is C38H24O. The summed E-state index contributed by atoms with van der Waals surface area (Å²) in [6.07, 6.45) is 0. The van der Waals surface area contributed by atoms with Crippen molar-refractivity contribution in [3.63, 3.8) is 0 Å². The van der Waals surface area contributed by atoms with E-state index in [4.69, 9.17) is 14.0 Å². The average Bonchev–Trinajstić information content (AvgIpc) is 3.53. The van der Waals surface area contributed by atoms with Gasteiger partial charge < -0.3 is 4.42 Å². The second-order valence-corrected chi connectivity index (χ2v) is 9.07. The zero-order chi connectivity index (χ0) is 37.1. The fourth-order valence-electron chi connectivity index (χ4n) is 5.26. The number of fused-ring (bicyclic) bond motifs is 5. The molecule has 1 heteroatoms. The van der Waals surface area contributed by atoms with Gasteiger partial charge in [0.1, 0.15) is 11.2 Å². The van der Waals surface area contributed by atoms with Crippen LogP contribution in [-0.4, -0.2) is 0 Å². The predicted molar refractivity (Wildman–Crippen MR) is 165 cm³/mol. The van der Waals surface area contributed by atoms with E-state index in [0.29, 0.717) is 33.1 Å².